The third kappa shape index (κ3) is 3.39. The summed E-state index contributed by atoms with van der Waals surface area (Å²) < 4.78 is 13.4. The van der Waals surface area contributed by atoms with Crippen molar-refractivity contribution in [3.63, 3.8) is 0 Å². The Kier molecular flexibility index (Phi) is 4.83. The standard InChI is InChI=1S/C23H21FN4OS/c1-14-25-20(21(30-14)15-9-11-16(24)12-10-15)23(29)28-13-5-4-8-19(28)22-26-17-6-2-3-7-18(17)27-22/h2-3,6-7,9-12,19H,4-5,8,13H2,1H3,(H,26,27). The highest BCUT2D eigenvalue weighted by Gasteiger charge is 2.33. The Morgan fingerprint density at radius 2 is 1.93 bits per heavy atom. The predicted octanol–water partition coefficient (Wildman–Crippen LogP) is 5.50. The second-order valence-corrected chi connectivity index (χ2v) is 8.77. The van der Waals surface area contributed by atoms with Crippen molar-refractivity contribution in [1.29, 1.82) is 0 Å². The van der Waals surface area contributed by atoms with Crippen LogP contribution in [0.15, 0.2) is 48.5 Å². The lowest BCUT2D eigenvalue weighted by Crippen LogP contribution is -2.39. The Morgan fingerprint density at radius 3 is 2.73 bits per heavy atom. The second-order valence-electron chi connectivity index (χ2n) is 7.57. The first-order chi connectivity index (χ1) is 14.6. The fraction of sp³-hybridized carbons (Fsp3) is 0.261. The number of hydrogen-bond donors (Lipinski definition) is 1. The summed E-state index contributed by atoms with van der Waals surface area (Å²) in [6.07, 6.45) is 2.87. The van der Waals surface area contributed by atoms with Gasteiger partial charge in [0.2, 0.25) is 0 Å². The van der Waals surface area contributed by atoms with Crippen LogP contribution in [-0.4, -0.2) is 32.3 Å². The molecule has 0 saturated carbocycles. The van der Waals surface area contributed by atoms with E-state index in [0.29, 0.717) is 12.2 Å². The van der Waals surface area contributed by atoms with E-state index in [4.69, 9.17) is 4.98 Å². The molecule has 0 bridgehead atoms. The lowest BCUT2D eigenvalue weighted by atomic mass is 10.0. The van der Waals surface area contributed by atoms with Crippen LogP contribution in [0.3, 0.4) is 0 Å². The number of carbonyl (C=O) groups excluding carboxylic acids is 1. The van der Waals surface area contributed by atoms with Crippen LogP contribution in [0.25, 0.3) is 21.5 Å². The molecule has 1 aliphatic rings. The number of nitrogens with zero attached hydrogens (tertiary/aromatic N) is 3. The first kappa shape index (κ1) is 18.9. The van der Waals surface area contributed by atoms with Gasteiger partial charge in [0, 0.05) is 6.54 Å². The summed E-state index contributed by atoms with van der Waals surface area (Å²) >= 11 is 1.46. The number of benzene rings is 2. The number of aromatic nitrogens is 3. The van der Waals surface area contributed by atoms with Crippen molar-refractivity contribution in [2.45, 2.75) is 32.2 Å². The molecular weight excluding hydrogens is 399 g/mol. The highest BCUT2D eigenvalue weighted by molar-refractivity contribution is 7.15. The number of piperidine rings is 1. The molecule has 1 N–H and O–H groups in total. The van der Waals surface area contributed by atoms with Gasteiger partial charge in [0.1, 0.15) is 17.3 Å². The summed E-state index contributed by atoms with van der Waals surface area (Å²) in [4.78, 5) is 29.0. The molecule has 0 radical (unpaired) electrons. The molecule has 1 aliphatic heterocycles. The van der Waals surface area contributed by atoms with Gasteiger partial charge in [-0.05, 0) is 56.0 Å². The molecule has 5 nitrogen and oxygen atoms in total. The number of rotatable bonds is 3. The summed E-state index contributed by atoms with van der Waals surface area (Å²) in [6.45, 7) is 2.56. The number of halogens is 1. The number of aryl methyl sites for hydroxylation is 1. The molecule has 2 aromatic heterocycles. The van der Waals surface area contributed by atoms with Crippen LogP contribution in [0.1, 0.15) is 46.6 Å². The van der Waals surface area contributed by atoms with Crippen LogP contribution >= 0.6 is 11.3 Å². The molecule has 1 amide bonds. The Bertz CT molecular complexity index is 1180. The number of nitrogens with one attached hydrogen (secondary N) is 1. The van der Waals surface area contributed by atoms with E-state index >= 15 is 0 Å². The number of H-pyrrole nitrogens is 1. The van der Waals surface area contributed by atoms with E-state index < -0.39 is 0 Å². The molecule has 2 aromatic carbocycles. The predicted molar refractivity (Wildman–Crippen MR) is 116 cm³/mol. The van der Waals surface area contributed by atoms with E-state index in [-0.39, 0.29) is 17.8 Å². The maximum absolute atomic E-state index is 13.6. The van der Waals surface area contributed by atoms with E-state index in [0.717, 1.165) is 51.6 Å². The molecule has 1 saturated heterocycles. The van der Waals surface area contributed by atoms with Crippen molar-refractivity contribution in [3.8, 4) is 10.4 Å². The van der Waals surface area contributed by atoms with Gasteiger partial charge in [0.25, 0.3) is 5.91 Å². The van der Waals surface area contributed by atoms with Crippen LogP contribution in [-0.2, 0) is 0 Å². The van der Waals surface area contributed by atoms with E-state index in [1.54, 1.807) is 12.1 Å². The third-order valence-corrected chi connectivity index (χ3v) is 6.55. The van der Waals surface area contributed by atoms with Crippen LogP contribution < -0.4 is 0 Å². The lowest BCUT2D eigenvalue weighted by molar-refractivity contribution is 0.0596. The zero-order valence-electron chi connectivity index (χ0n) is 16.6. The summed E-state index contributed by atoms with van der Waals surface area (Å²) in [5.41, 5.74) is 3.12. The minimum Gasteiger partial charge on any atom is -0.340 e. The molecule has 1 atom stereocenters. The van der Waals surface area contributed by atoms with E-state index in [1.807, 2.05) is 36.1 Å². The Hall–Kier alpha value is -3.06. The molecule has 7 heteroatoms. The van der Waals surface area contributed by atoms with Crippen LogP contribution in [0.2, 0.25) is 0 Å². The third-order valence-electron chi connectivity index (χ3n) is 5.53. The van der Waals surface area contributed by atoms with Crippen molar-refractivity contribution >= 4 is 28.3 Å². The number of carbonyl (C=O) groups is 1. The van der Waals surface area contributed by atoms with Crippen molar-refractivity contribution < 1.29 is 9.18 Å². The smallest absolute Gasteiger partial charge is 0.274 e. The van der Waals surface area contributed by atoms with Crippen LogP contribution in [0, 0.1) is 12.7 Å². The lowest BCUT2D eigenvalue weighted by Gasteiger charge is -2.34. The van der Waals surface area contributed by atoms with Crippen LogP contribution in [0.4, 0.5) is 4.39 Å². The molecule has 1 fully saturated rings. The molecule has 5 rings (SSSR count). The minimum absolute atomic E-state index is 0.0937. The number of likely N-dealkylation sites (tertiary alicyclic amines) is 1. The molecule has 0 spiro atoms. The Labute approximate surface area is 177 Å². The summed E-state index contributed by atoms with van der Waals surface area (Å²) in [7, 11) is 0. The monoisotopic (exact) mass is 420 g/mol. The van der Waals surface area contributed by atoms with Gasteiger partial charge < -0.3 is 9.88 Å². The van der Waals surface area contributed by atoms with Gasteiger partial charge in [0.05, 0.1) is 27.0 Å². The normalized spacial score (nSPS) is 16.9. The number of amides is 1. The number of hydrogen-bond acceptors (Lipinski definition) is 4. The van der Waals surface area contributed by atoms with Gasteiger partial charge in [-0.2, -0.15) is 0 Å². The van der Waals surface area contributed by atoms with Gasteiger partial charge in [0.15, 0.2) is 0 Å². The SMILES string of the molecule is Cc1nc(C(=O)N2CCCCC2c2nc3ccccc3[nH]2)c(-c2ccc(F)cc2)s1. The molecule has 0 aliphatic carbocycles. The largest absolute Gasteiger partial charge is 0.340 e. The minimum atomic E-state index is -0.297. The molecule has 3 heterocycles. The van der Waals surface area contributed by atoms with Crippen molar-refractivity contribution in [2.24, 2.45) is 0 Å². The Morgan fingerprint density at radius 1 is 1.13 bits per heavy atom. The first-order valence-corrected chi connectivity index (χ1v) is 10.9. The maximum Gasteiger partial charge on any atom is 0.274 e. The highest BCUT2D eigenvalue weighted by atomic mass is 32.1. The zero-order valence-corrected chi connectivity index (χ0v) is 17.4. The number of aromatic amines is 1. The van der Waals surface area contributed by atoms with Gasteiger partial charge in [-0.15, -0.1) is 11.3 Å². The van der Waals surface area contributed by atoms with E-state index in [1.165, 1.54) is 23.5 Å². The average Bonchev–Trinajstić information content (AvgIpc) is 3.37. The second kappa shape index (κ2) is 7.65. The quantitative estimate of drug-likeness (QED) is 0.476. The Balaban J connectivity index is 1.52. The van der Waals surface area contributed by atoms with Gasteiger partial charge in [-0.3, -0.25) is 4.79 Å². The summed E-state index contributed by atoms with van der Waals surface area (Å²) in [5, 5.41) is 0.815. The molecule has 30 heavy (non-hydrogen) atoms. The fourth-order valence-electron chi connectivity index (χ4n) is 4.09. The van der Waals surface area contributed by atoms with Crippen molar-refractivity contribution in [3.05, 3.63) is 70.9 Å². The van der Waals surface area contributed by atoms with E-state index in [2.05, 4.69) is 9.97 Å². The molecule has 1 unspecified atom stereocenters. The number of fused-ring (bicyclic) bond motifs is 1. The van der Waals surface area contributed by atoms with Gasteiger partial charge >= 0.3 is 0 Å². The zero-order chi connectivity index (χ0) is 20.7. The van der Waals surface area contributed by atoms with Crippen LogP contribution in [0.5, 0.6) is 0 Å². The number of imidazole rings is 1. The van der Waals surface area contributed by atoms with E-state index in [9.17, 15) is 9.18 Å². The topological polar surface area (TPSA) is 61.9 Å². The highest BCUT2D eigenvalue weighted by Crippen LogP contribution is 2.36. The number of para-hydroxylation sites is 2. The summed E-state index contributed by atoms with van der Waals surface area (Å²) in [5.74, 6) is 0.428. The molecular formula is C23H21FN4OS. The summed E-state index contributed by atoms with van der Waals surface area (Å²) in [6, 6.07) is 14.0. The maximum atomic E-state index is 13.6. The fourth-order valence-corrected chi connectivity index (χ4v) is 5.01. The van der Waals surface area contributed by atoms with Crippen molar-refractivity contribution in [1.82, 2.24) is 19.9 Å². The first-order valence-electron chi connectivity index (χ1n) is 10.1. The van der Waals surface area contributed by atoms with Crippen molar-refractivity contribution in [2.75, 3.05) is 6.54 Å². The average molecular weight is 421 g/mol. The molecule has 152 valence electrons. The van der Waals surface area contributed by atoms with Gasteiger partial charge in [-0.25, -0.2) is 14.4 Å². The molecule has 4 aromatic rings. The number of thiazole rings is 1. The van der Waals surface area contributed by atoms with Gasteiger partial charge in [-0.1, -0.05) is 24.3 Å².